The third kappa shape index (κ3) is 4.38. The fraction of sp³-hybridized carbons (Fsp3) is 0.417. The zero-order valence-corrected chi connectivity index (χ0v) is 9.89. The Labute approximate surface area is 96.5 Å². The molecule has 3 heteroatoms. The van der Waals surface area contributed by atoms with Gasteiger partial charge < -0.3 is 5.32 Å². The Bertz CT molecular complexity index is 308. The van der Waals surface area contributed by atoms with Crippen molar-refractivity contribution in [2.75, 3.05) is 6.54 Å². The summed E-state index contributed by atoms with van der Waals surface area (Å²) in [6, 6.07) is 7.23. The summed E-state index contributed by atoms with van der Waals surface area (Å²) in [5, 5.41) is 2.89. The Hall–Kier alpha value is -0.960. The van der Waals surface area contributed by atoms with Crippen LogP contribution in [-0.2, 0) is 0 Å². The van der Waals surface area contributed by atoms with Gasteiger partial charge in [-0.25, -0.2) is 0 Å². The van der Waals surface area contributed by atoms with Crippen LogP contribution in [-0.4, -0.2) is 12.5 Å². The molecule has 1 amide bonds. The van der Waals surface area contributed by atoms with Crippen LogP contribution in [0.1, 0.15) is 36.5 Å². The van der Waals surface area contributed by atoms with E-state index in [1.54, 1.807) is 12.1 Å². The second kappa shape index (κ2) is 6.51. The third-order valence-corrected chi connectivity index (χ3v) is 2.49. The minimum atomic E-state index is -0.000522. The average Bonchev–Trinajstić information content (AvgIpc) is 2.25. The number of nitrogens with one attached hydrogen (secondary N) is 1. The number of hydrogen-bond acceptors (Lipinski definition) is 2. The maximum absolute atomic E-state index is 11.6. The molecule has 0 aliphatic carbocycles. The topological polar surface area (TPSA) is 29.1 Å². The predicted octanol–water partition coefficient (Wildman–Crippen LogP) is 2.90. The first-order valence-electron chi connectivity index (χ1n) is 5.31. The highest BCUT2D eigenvalue weighted by Crippen LogP contribution is 2.07. The van der Waals surface area contributed by atoms with Crippen molar-refractivity contribution in [3.8, 4) is 0 Å². The van der Waals surface area contributed by atoms with Gasteiger partial charge in [-0.15, -0.1) is 12.6 Å². The molecule has 0 atom stereocenters. The van der Waals surface area contributed by atoms with E-state index in [9.17, 15) is 4.79 Å². The Morgan fingerprint density at radius 3 is 2.53 bits per heavy atom. The van der Waals surface area contributed by atoms with E-state index in [0.29, 0.717) is 5.56 Å². The molecule has 0 saturated heterocycles. The molecule has 1 aromatic rings. The Balaban J connectivity index is 2.37. The standard InChI is InChI=1S/C12H17NOS/c1-2-3-4-9-13-12(14)10-5-7-11(15)8-6-10/h5-8,15H,2-4,9H2,1H3,(H,13,14). The minimum Gasteiger partial charge on any atom is -0.352 e. The molecular formula is C12H17NOS. The van der Waals surface area contributed by atoms with E-state index in [0.717, 1.165) is 24.3 Å². The average molecular weight is 223 g/mol. The quantitative estimate of drug-likeness (QED) is 0.583. The number of thiol groups is 1. The Kier molecular flexibility index (Phi) is 5.26. The van der Waals surface area contributed by atoms with Gasteiger partial charge in [0.15, 0.2) is 0 Å². The van der Waals surface area contributed by atoms with Crippen LogP contribution in [0.5, 0.6) is 0 Å². The lowest BCUT2D eigenvalue weighted by molar-refractivity contribution is 0.0953. The van der Waals surface area contributed by atoms with Crippen molar-refractivity contribution >= 4 is 18.5 Å². The second-order valence-corrected chi connectivity index (χ2v) is 4.03. The van der Waals surface area contributed by atoms with Crippen molar-refractivity contribution in [1.29, 1.82) is 0 Å². The van der Waals surface area contributed by atoms with E-state index in [-0.39, 0.29) is 5.91 Å². The van der Waals surface area contributed by atoms with Gasteiger partial charge in [0, 0.05) is 17.0 Å². The van der Waals surface area contributed by atoms with Crippen LogP contribution < -0.4 is 5.32 Å². The van der Waals surface area contributed by atoms with Crippen molar-refractivity contribution in [2.45, 2.75) is 31.1 Å². The number of carbonyl (C=O) groups is 1. The van der Waals surface area contributed by atoms with Crippen molar-refractivity contribution in [3.05, 3.63) is 29.8 Å². The molecule has 2 nitrogen and oxygen atoms in total. The molecule has 0 aliphatic rings. The lowest BCUT2D eigenvalue weighted by Crippen LogP contribution is -2.24. The van der Waals surface area contributed by atoms with Gasteiger partial charge in [0.2, 0.25) is 0 Å². The Morgan fingerprint density at radius 2 is 1.93 bits per heavy atom. The molecule has 0 fully saturated rings. The SMILES string of the molecule is CCCCCNC(=O)c1ccc(S)cc1. The zero-order valence-electron chi connectivity index (χ0n) is 8.99. The van der Waals surface area contributed by atoms with E-state index in [2.05, 4.69) is 24.9 Å². The highest BCUT2D eigenvalue weighted by atomic mass is 32.1. The summed E-state index contributed by atoms with van der Waals surface area (Å²) < 4.78 is 0. The molecule has 0 spiro atoms. The van der Waals surface area contributed by atoms with Gasteiger partial charge >= 0.3 is 0 Å². The zero-order chi connectivity index (χ0) is 11.1. The van der Waals surface area contributed by atoms with Crippen molar-refractivity contribution in [1.82, 2.24) is 5.32 Å². The van der Waals surface area contributed by atoms with E-state index < -0.39 is 0 Å². The molecule has 0 radical (unpaired) electrons. The molecule has 1 N–H and O–H groups in total. The third-order valence-electron chi connectivity index (χ3n) is 2.20. The molecule has 1 rings (SSSR count). The lowest BCUT2D eigenvalue weighted by atomic mass is 10.2. The first-order valence-corrected chi connectivity index (χ1v) is 5.76. The lowest BCUT2D eigenvalue weighted by Gasteiger charge is -2.04. The van der Waals surface area contributed by atoms with E-state index in [1.165, 1.54) is 6.42 Å². The van der Waals surface area contributed by atoms with Gasteiger partial charge in [0.1, 0.15) is 0 Å². The summed E-state index contributed by atoms with van der Waals surface area (Å²) in [7, 11) is 0. The predicted molar refractivity (Wildman–Crippen MR) is 65.6 cm³/mol. The normalized spacial score (nSPS) is 10.0. The highest BCUT2D eigenvalue weighted by molar-refractivity contribution is 7.80. The van der Waals surface area contributed by atoms with Crippen molar-refractivity contribution in [2.24, 2.45) is 0 Å². The smallest absolute Gasteiger partial charge is 0.251 e. The second-order valence-electron chi connectivity index (χ2n) is 3.51. The summed E-state index contributed by atoms with van der Waals surface area (Å²) in [4.78, 5) is 12.5. The van der Waals surface area contributed by atoms with Crippen LogP contribution >= 0.6 is 12.6 Å². The molecule has 0 unspecified atom stereocenters. The molecular weight excluding hydrogens is 206 g/mol. The van der Waals surface area contributed by atoms with Crippen LogP contribution in [0.4, 0.5) is 0 Å². The van der Waals surface area contributed by atoms with E-state index in [1.807, 2.05) is 12.1 Å². The van der Waals surface area contributed by atoms with E-state index >= 15 is 0 Å². The van der Waals surface area contributed by atoms with Crippen LogP contribution in [0.3, 0.4) is 0 Å². The Morgan fingerprint density at radius 1 is 1.27 bits per heavy atom. The monoisotopic (exact) mass is 223 g/mol. The summed E-state index contributed by atoms with van der Waals surface area (Å²) >= 11 is 4.17. The first kappa shape index (κ1) is 12.1. The fourth-order valence-electron chi connectivity index (χ4n) is 1.29. The molecule has 0 aliphatic heterocycles. The maximum Gasteiger partial charge on any atom is 0.251 e. The highest BCUT2D eigenvalue weighted by Gasteiger charge is 2.02. The van der Waals surface area contributed by atoms with Crippen LogP contribution in [0.15, 0.2) is 29.2 Å². The molecule has 0 aromatic heterocycles. The van der Waals surface area contributed by atoms with Crippen LogP contribution in [0, 0.1) is 0 Å². The van der Waals surface area contributed by atoms with Gasteiger partial charge in [0.05, 0.1) is 0 Å². The van der Waals surface area contributed by atoms with Gasteiger partial charge in [-0.2, -0.15) is 0 Å². The summed E-state index contributed by atoms with van der Waals surface area (Å²) in [5.41, 5.74) is 0.698. The number of rotatable bonds is 5. The summed E-state index contributed by atoms with van der Waals surface area (Å²) in [6.07, 6.45) is 3.38. The summed E-state index contributed by atoms with van der Waals surface area (Å²) in [5.74, 6) is -0.000522. The van der Waals surface area contributed by atoms with Gasteiger partial charge in [-0.1, -0.05) is 19.8 Å². The number of unbranched alkanes of at least 4 members (excludes halogenated alkanes) is 2. The molecule has 15 heavy (non-hydrogen) atoms. The molecule has 1 aromatic carbocycles. The summed E-state index contributed by atoms with van der Waals surface area (Å²) in [6.45, 7) is 2.91. The van der Waals surface area contributed by atoms with Crippen molar-refractivity contribution in [3.63, 3.8) is 0 Å². The van der Waals surface area contributed by atoms with Gasteiger partial charge in [-0.3, -0.25) is 4.79 Å². The van der Waals surface area contributed by atoms with Gasteiger partial charge in [-0.05, 0) is 30.7 Å². The van der Waals surface area contributed by atoms with Gasteiger partial charge in [0.25, 0.3) is 5.91 Å². The maximum atomic E-state index is 11.6. The van der Waals surface area contributed by atoms with Crippen LogP contribution in [0.25, 0.3) is 0 Å². The van der Waals surface area contributed by atoms with Crippen LogP contribution in [0.2, 0.25) is 0 Å². The number of hydrogen-bond donors (Lipinski definition) is 2. The molecule has 0 saturated carbocycles. The fourth-order valence-corrected chi connectivity index (χ4v) is 1.44. The molecule has 0 bridgehead atoms. The van der Waals surface area contributed by atoms with E-state index in [4.69, 9.17) is 0 Å². The number of amides is 1. The number of benzene rings is 1. The molecule has 82 valence electrons. The largest absolute Gasteiger partial charge is 0.352 e. The first-order chi connectivity index (χ1) is 7.24. The number of carbonyl (C=O) groups excluding carboxylic acids is 1. The van der Waals surface area contributed by atoms with Crippen molar-refractivity contribution < 1.29 is 4.79 Å². The minimum absolute atomic E-state index is 0.000522. The molecule has 0 heterocycles.